The summed E-state index contributed by atoms with van der Waals surface area (Å²) in [7, 11) is 0. The van der Waals surface area contributed by atoms with Gasteiger partial charge in [-0.2, -0.15) is 0 Å². The van der Waals surface area contributed by atoms with Crippen LogP contribution >= 0.6 is 11.3 Å². The molecule has 0 unspecified atom stereocenters. The van der Waals surface area contributed by atoms with Crippen LogP contribution in [0.15, 0.2) is 60.8 Å². The van der Waals surface area contributed by atoms with Crippen molar-refractivity contribution in [1.82, 2.24) is 4.98 Å². The van der Waals surface area contributed by atoms with Crippen molar-refractivity contribution >= 4 is 32.2 Å². The Hall–Kier alpha value is -2.19. The average Bonchev–Trinajstić information content (AvgIpc) is 2.84. The van der Waals surface area contributed by atoms with Crippen LogP contribution in [0, 0.1) is 6.92 Å². The van der Waals surface area contributed by atoms with E-state index >= 15 is 0 Å². The Bertz CT molecular complexity index is 921. The normalized spacial score (nSPS) is 11.2. The first-order valence-electron chi connectivity index (χ1n) is 6.66. The van der Waals surface area contributed by atoms with Crippen LogP contribution in [-0.4, -0.2) is 4.98 Å². The van der Waals surface area contributed by atoms with Gasteiger partial charge in [-0.3, -0.25) is 4.98 Å². The van der Waals surface area contributed by atoms with E-state index in [0.29, 0.717) is 0 Å². The van der Waals surface area contributed by atoms with E-state index in [1.54, 1.807) is 0 Å². The van der Waals surface area contributed by atoms with Gasteiger partial charge in [0.05, 0.1) is 10.6 Å². The Kier molecular flexibility index (Phi) is 2.57. The molecule has 0 radical (unpaired) electrons. The molecule has 20 heavy (non-hydrogen) atoms. The van der Waals surface area contributed by atoms with Gasteiger partial charge in [-0.1, -0.05) is 42.5 Å². The Morgan fingerprint density at radius 2 is 1.65 bits per heavy atom. The Labute approximate surface area is 121 Å². The molecule has 2 aromatic carbocycles. The zero-order valence-electron chi connectivity index (χ0n) is 11.1. The molecule has 2 heterocycles. The number of nitrogens with zero attached hydrogens (tertiary/aromatic N) is 1. The predicted octanol–water partition coefficient (Wildman–Crippen LogP) is 5.42. The Balaban J connectivity index is 1.98. The van der Waals surface area contributed by atoms with Crippen molar-refractivity contribution in [1.29, 1.82) is 0 Å². The number of pyridine rings is 1. The quantitative estimate of drug-likeness (QED) is 0.451. The van der Waals surface area contributed by atoms with E-state index in [1.807, 2.05) is 23.6 Å². The van der Waals surface area contributed by atoms with E-state index < -0.39 is 0 Å². The molecule has 0 atom stereocenters. The smallest absolute Gasteiger partial charge is 0.0811 e. The van der Waals surface area contributed by atoms with Crippen LogP contribution in [0.5, 0.6) is 0 Å². The topological polar surface area (TPSA) is 12.9 Å². The summed E-state index contributed by atoms with van der Waals surface area (Å²) in [5.41, 5.74) is 2.40. The minimum atomic E-state index is 1.07. The molecule has 4 rings (SSSR count). The number of hydrogen-bond donors (Lipinski definition) is 0. The maximum atomic E-state index is 4.64. The highest BCUT2D eigenvalue weighted by Crippen LogP contribution is 2.37. The van der Waals surface area contributed by atoms with Gasteiger partial charge in [0.25, 0.3) is 0 Å². The zero-order valence-corrected chi connectivity index (χ0v) is 11.9. The molecule has 0 aliphatic rings. The lowest BCUT2D eigenvalue weighted by molar-refractivity contribution is 1.36. The summed E-state index contributed by atoms with van der Waals surface area (Å²) in [6.45, 7) is 2.19. The van der Waals surface area contributed by atoms with Crippen molar-refractivity contribution in [3.05, 3.63) is 66.4 Å². The summed E-state index contributed by atoms with van der Waals surface area (Å²) in [6.07, 6.45) is 1.97. The lowest BCUT2D eigenvalue weighted by Crippen LogP contribution is -1.83. The zero-order chi connectivity index (χ0) is 13.5. The maximum Gasteiger partial charge on any atom is 0.0811 e. The lowest BCUT2D eigenvalue weighted by Gasteiger charge is -2.02. The number of fused-ring (bicyclic) bond motifs is 2. The largest absolute Gasteiger partial charge is 0.255 e. The molecule has 0 aliphatic carbocycles. The van der Waals surface area contributed by atoms with Crippen LogP contribution < -0.4 is 0 Å². The molecule has 0 N–H and O–H groups in total. The number of hydrogen-bond acceptors (Lipinski definition) is 2. The van der Waals surface area contributed by atoms with Crippen molar-refractivity contribution in [2.24, 2.45) is 0 Å². The first kappa shape index (κ1) is 11.6. The van der Waals surface area contributed by atoms with E-state index in [9.17, 15) is 0 Å². The minimum Gasteiger partial charge on any atom is -0.255 e. The van der Waals surface area contributed by atoms with Crippen molar-refractivity contribution in [3.8, 4) is 10.6 Å². The van der Waals surface area contributed by atoms with Crippen LogP contribution in [-0.2, 0) is 0 Å². The predicted molar refractivity (Wildman–Crippen MR) is 87.3 cm³/mol. The van der Waals surface area contributed by atoms with Crippen LogP contribution in [0.3, 0.4) is 0 Å². The van der Waals surface area contributed by atoms with Gasteiger partial charge >= 0.3 is 0 Å². The van der Waals surface area contributed by atoms with Gasteiger partial charge in [0.15, 0.2) is 0 Å². The standard InChI is InChI=1S/C18H13NS/c1-12-15-8-4-5-9-17(15)20-18(12)16-10-13-6-2-3-7-14(13)11-19-16/h2-11H,1H3. The summed E-state index contributed by atoms with van der Waals surface area (Å²) < 4.78 is 1.33. The van der Waals surface area contributed by atoms with Gasteiger partial charge in [0, 0.05) is 16.3 Å². The van der Waals surface area contributed by atoms with Gasteiger partial charge < -0.3 is 0 Å². The fourth-order valence-electron chi connectivity index (χ4n) is 2.63. The molecule has 96 valence electrons. The highest BCUT2D eigenvalue weighted by molar-refractivity contribution is 7.22. The molecule has 0 spiro atoms. The van der Waals surface area contributed by atoms with E-state index in [2.05, 4.69) is 60.4 Å². The number of aryl methyl sites for hydroxylation is 1. The van der Waals surface area contributed by atoms with E-state index in [-0.39, 0.29) is 0 Å². The minimum absolute atomic E-state index is 1.07. The first-order chi connectivity index (χ1) is 9.83. The van der Waals surface area contributed by atoms with Crippen LogP contribution in [0.2, 0.25) is 0 Å². The number of thiophene rings is 1. The summed E-state index contributed by atoms with van der Waals surface area (Å²) >= 11 is 1.82. The third-order valence-corrected chi connectivity index (χ3v) is 5.00. The molecule has 0 saturated heterocycles. The molecular formula is C18H13NS. The summed E-state index contributed by atoms with van der Waals surface area (Å²) in [5, 5.41) is 3.77. The number of benzene rings is 2. The molecular weight excluding hydrogens is 262 g/mol. The second kappa shape index (κ2) is 4.43. The monoisotopic (exact) mass is 275 g/mol. The molecule has 0 saturated carbocycles. The maximum absolute atomic E-state index is 4.64. The lowest BCUT2D eigenvalue weighted by atomic mass is 10.1. The highest BCUT2D eigenvalue weighted by Gasteiger charge is 2.11. The molecule has 0 bridgehead atoms. The van der Waals surface area contributed by atoms with Crippen molar-refractivity contribution < 1.29 is 0 Å². The average molecular weight is 275 g/mol. The van der Waals surface area contributed by atoms with Gasteiger partial charge in [0.1, 0.15) is 0 Å². The van der Waals surface area contributed by atoms with E-state index in [0.717, 1.165) is 5.69 Å². The molecule has 1 nitrogen and oxygen atoms in total. The van der Waals surface area contributed by atoms with Crippen LogP contribution in [0.25, 0.3) is 31.4 Å². The van der Waals surface area contributed by atoms with Crippen LogP contribution in [0.1, 0.15) is 5.56 Å². The molecule has 4 aromatic rings. The summed E-state index contributed by atoms with van der Waals surface area (Å²) in [4.78, 5) is 5.92. The molecule has 0 amide bonds. The third kappa shape index (κ3) is 1.73. The second-order valence-corrected chi connectivity index (χ2v) is 6.02. The Morgan fingerprint density at radius 1 is 0.900 bits per heavy atom. The molecule has 0 fully saturated rings. The van der Waals surface area contributed by atoms with Crippen LogP contribution in [0.4, 0.5) is 0 Å². The molecule has 2 aromatic heterocycles. The first-order valence-corrected chi connectivity index (χ1v) is 7.48. The molecule has 2 heteroatoms. The Morgan fingerprint density at radius 3 is 2.50 bits per heavy atom. The summed E-state index contributed by atoms with van der Waals surface area (Å²) in [6, 6.07) is 19.1. The van der Waals surface area contributed by atoms with Gasteiger partial charge in [-0.05, 0) is 35.4 Å². The van der Waals surface area contributed by atoms with Gasteiger partial charge in [-0.15, -0.1) is 11.3 Å². The van der Waals surface area contributed by atoms with Crippen molar-refractivity contribution in [2.45, 2.75) is 6.92 Å². The SMILES string of the molecule is Cc1c(-c2cc3ccccc3cn2)sc2ccccc12. The number of rotatable bonds is 1. The van der Waals surface area contributed by atoms with E-state index in [4.69, 9.17) is 0 Å². The van der Waals surface area contributed by atoms with Gasteiger partial charge in [0.2, 0.25) is 0 Å². The summed E-state index contributed by atoms with van der Waals surface area (Å²) in [5.74, 6) is 0. The second-order valence-electron chi connectivity index (χ2n) is 4.97. The third-order valence-electron chi connectivity index (χ3n) is 3.71. The van der Waals surface area contributed by atoms with E-state index in [1.165, 1.54) is 31.3 Å². The fourth-order valence-corrected chi connectivity index (χ4v) is 3.80. The van der Waals surface area contributed by atoms with Crippen molar-refractivity contribution in [2.75, 3.05) is 0 Å². The highest BCUT2D eigenvalue weighted by atomic mass is 32.1. The molecule has 0 aliphatic heterocycles. The number of aromatic nitrogens is 1. The fraction of sp³-hybridized carbons (Fsp3) is 0.0556. The van der Waals surface area contributed by atoms with Gasteiger partial charge in [-0.25, -0.2) is 0 Å². The van der Waals surface area contributed by atoms with Crippen molar-refractivity contribution in [3.63, 3.8) is 0 Å².